The van der Waals surface area contributed by atoms with Crippen molar-refractivity contribution in [1.29, 1.82) is 0 Å². The van der Waals surface area contributed by atoms with E-state index in [2.05, 4.69) is 16.7 Å². The summed E-state index contributed by atoms with van der Waals surface area (Å²) in [7, 11) is 0. The number of amides is 2. The number of carbonyl (C=O) groups is 2. The first kappa shape index (κ1) is 16.8. The molecule has 0 saturated heterocycles. The average Bonchev–Trinajstić information content (AvgIpc) is 2.52. The SMILES string of the molecule is O=C(NCCC1=CCCCC1)C(=O)Nc1cc(Cl)ccc1Cl. The van der Waals surface area contributed by atoms with Gasteiger partial charge in [0.15, 0.2) is 0 Å². The van der Waals surface area contributed by atoms with Crippen LogP contribution in [0.25, 0.3) is 0 Å². The van der Waals surface area contributed by atoms with Crippen LogP contribution >= 0.6 is 23.2 Å². The highest BCUT2D eigenvalue weighted by Gasteiger charge is 2.15. The van der Waals surface area contributed by atoms with Crippen LogP contribution in [0.5, 0.6) is 0 Å². The number of allylic oxidation sites excluding steroid dienone is 1. The summed E-state index contributed by atoms with van der Waals surface area (Å²) < 4.78 is 0. The van der Waals surface area contributed by atoms with Gasteiger partial charge in [0.1, 0.15) is 0 Å². The van der Waals surface area contributed by atoms with Gasteiger partial charge in [-0.25, -0.2) is 0 Å². The number of nitrogens with one attached hydrogen (secondary N) is 2. The van der Waals surface area contributed by atoms with Crippen molar-refractivity contribution in [3.63, 3.8) is 0 Å². The quantitative estimate of drug-likeness (QED) is 0.644. The zero-order chi connectivity index (χ0) is 15.9. The minimum atomic E-state index is -0.748. The second-order valence-electron chi connectivity index (χ2n) is 5.19. The number of anilines is 1. The summed E-state index contributed by atoms with van der Waals surface area (Å²) in [6.07, 6.45) is 7.64. The van der Waals surface area contributed by atoms with Gasteiger partial charge in [-0.1, -0.05) is 34.9 Å². The zero-order valence-corrected chi connectivity index (χ0v) is 13.6. The van der Waals surface area contributed by atoms with Gasteiger partial charge in [-0.3, -0.25) is 9.59 Å². The Labute approximate surface area is 139 Å². The topological polar surface area (TPSA) is 58.2 Å². The Morgan fingerprint density at radius 3 is 2.68 bits per heavy atom. The monoisotopic (exact) mass is 340 g/mol. The molecule has 0 bridgehead atoms. The molecule has 0 aromatic heterocycles. The number of benzene rings is 1. The normalized spacial score (nSPS) is 14.2. The van der Waals surface area contributed by atoms with Crippen molar-refractivity contribution >= 4 is 40.7 Å². The maximum Gasteiger partial charge on any atom is 0.313 e. The third kappa shape index (κ3) is 5.04. The van der Waals surface area contributed by atoms with E-state index >= 15 is 0 Å². The van der Waals surface area contributed by atoms with Gasteiger partial charge in [0, 0.05) is 11.6 Å². The molecule has 2 amide bonds. The molecule has 118 valence electrons. The number of rotatable bonds is 4. The first-order valence-electron chi connectivity index (χ1n) is 7.28. The van der Waals surface area contributed by atoms with E-state index in [9.17, 15) is 9.59 Å². The van der Waals surface area contributed by atoms with Gasteiger partial charge in [0.05, 0.1) is 10.7 Å². The van der Waals surface area contributed by atoms with Crippen LogP contribution in [-0.2, 0) is 9.59 Å². The predicted octanol–water partition coefficient (Wildman–Crippen LogP) is 3.94. The van der Waals surface area contributed by atoms with Crippen LogP contribution in [0.1, 0.15) is 32.1 Å². The molecular formula is C16H18Cl2N2O2. The highest BCUT2D eigenvalue weighted by atomic mass is 35.5. The summed E-state index contributed by atoms with van der Waals surface area (Å²) >= 11 is 11.8. The number of halogens is 2. The fourth-order valence-electron chi connectivity index (χ4n) is 2.32. The molecule has 0 radical (unpaired) electrons. The second-order valence-corrected chi connectivity index (χ2v) is 6.04. The highest BCUT2D eigenvalue weighted by Crippen LogP contribution is 2.25. The Morgan fingerprint density at radius 1 is 1.14 bits per heavy atom. The molecule has 1 aromatic carbocycles. The maximum absolute atomic E-state index is 11.8. The smallest absolute Gasteiger partial charge is 0.313 e. The van der Waals surface area contributed by atoms with E-state index in [1.807, 2.05) is 0 Å². The van der Waals surface area contributed by atoms with Crippen LogP contribution in [0.2, 0.25) is 10.0 Å². The molecule has 2 N–H and O–H groups in total. The minimum Gasteiger partial charge on any atom is -0.348 e. The number of carbonyl (C=O) groups excluding carboxylic acids is 2. The average molecular weight is 341 g/mol. The molecule has 0 heterocycles. The van der Waals surface area contributed by atoms with Gasteiger partial charge in [-0.05, 0) is 50.3 Å². The summed E-state index contributed by atoms with van der Waals surface area (Å²) in [5, 5.41) is 5.84. The first-order chi connectivity index (χ1) is 10.6. The Bertz CT molecular complexity index is 600. The molecule has 0 aliphatic heterocycles. The van der Waals surface area contributed by atoms with Crippen molar-refractivity contribution in [3.8, 4) is 0 Å². The summed E-state index contributed by atoms with van der Waals surface area (Å²) in [5.74, 6) is -1.42. The van der Waals surface area contributed by atoms with Gasteiger partial charge in [-0.15, -0.1) is 0 Å². The molecule has 1 aliphatic rings. The molecule has 1 aliphatic carbocycles. The van der Waals surface area contributed by atoms with Crippen LogP contribution in [-0.4, -0.2) is 18.4 Å². The van der Waals surface area contributed by atoms with E-state index in [0.717, 1.165) is 19.3 Å². The van der Waals surface area contributed by atoms with Crippen LogP contribution in [0.4, 0.5) is 5.69 Å². The molecule has 2 rings (SSSR count). The lowest BCUT2D eigenvalue weighted by atomic mass is 9.97. The van der Waals surface area contributed by atoms with Gasteiger partial charge in [0.25, 0.3) is 0 Å². The van der Waals surface area contributed by atoms with Crippen molar-refractivity contribution in [2.75, 3.05) is 11.9 Å². The van der Waals surface area contributed by atoms with Crippen molar-refractivity contribution < 1.29 is 9.59 Å². The molecule has 22 heavy (non-hydrogen) atoms. The van der Waals surface area contributed by atoms with Crippen LogP contribution in [0.15, 0.2) is 29.8 Å². The molecule has 0 spiro atoms. The Morgan fingerprint density at radius 2 is 1.95 bits per heavy atom. The summed E-state index contributed by atoms with van der Waals surface area (Å²) in [6, 6.07) is 4.67. The van der Waals surface area contributed by atoms with E-state index < -0.39 is 11.8 Å². The standard InChI is InChI=1S/C16H18Cl2N2O2/c17-12-6-7-13(18)14(10-12)20-16(22)15(21)19-9-8-11-4-2-1-3-5-11/h4,6-7,10H,1-3,5,8-9H2,(H,19,21)(H,20,22). The largest absolute Gasteiger partial charge is 0.348 e. The third-order valence-electron chi connectivity index (χ3n) is 3.50. The van der Waals surface area contributed by atoms with E-state index in [1.165, 1.54) is 24.5 Å². The fourth-order valence-corrected chi connectivity index (χ4v) is 2.66. The van der Waals surface area contributed by atoms with E-state index in [1.54, 1.807) is 12.1 Å². The fraction of sp³-hybridized carbons (Fsp3) is 0.375. The summed E-state index contributed by atoms with van der Waals surface area (Å²) in [6.45, 7) is 0.460. The zero-order valence-electron chi connectivity index (χ0n) is 12.1. The van der Waals surface area contributed by atoms with Gasteiger partial charge in [-0.2, -0.15) is 0 Å². The van der Waals surface area contributed by atoms with Crippen molar-refractivity contribution in [2.24, 2.45) is 0 Å². The van der Waals surface area contributed by atoms with E-state index in [0.29, 0.717) is 22.3 Å². The Hall–Kier alpha value is -1.52. The molecular weight excluding hydrogens is 323 g/mol. The molecule has 1 aromatic rings. The van der Waals surface area contributed by atoms with Crippen LogP contribution in [0.3, 0.4) is 0 Å². The van der Waals surface area contributed by atoms with Crippen LogP contribution < -0.4 is 10.6 Å². The molecule has 0 atom stereocenters. The Kier molecular flexibility index (Phi) is 6.28. The molecule has 0 unspecified atom stereocenters. The lowest BCUT2D eigenvalue weighted by Crippen LogP contribution is -2.36. The lowest BCUT2D eigenvalue weighted by molar-refractivity contribution is -0.136. The van der Waals surface area contributed by atoms with Crippen molar-refractivity contribution in [1.82, 2.24) is 5.32 Å². The number of hydrogen-bond donors (Lipinski definition) is 2. The van der Waals surface area contributed by atoms with Crippen molar-refractivity contribution in [2.45, 2.75) is 32.1 Å². The molecule has 4 nitrogen and oxygen atoms in total. The van der Waals surface area contributed by atoms with Crippen LogP contribution in [0, 0.1) is 0 Å². The first-order valence-corrected chi connectivity index (χ1v) is 8.04. The summed E-state index contributed by atoms with van der Waals surface area (Å²) in [4.78, 5) is 23.6. The molecule has 0 saturated carbocycles. The minimum absolute atomic E-state index is 0.323. The Balaban J connectivity index is 1.80. The number of hydrogen-bond acceptors (Lipinski definition) is 2. The highest BCUT2D eigenvalue weighted by molar-refractivity contribution is 6.42. The predicted molar refractivity (Wildman–Crippen MR) is 89.3 cm³/mol. The third-order valence-corrected chi connectivity index (χ3v) is 4.06. The lowest BCUT2D eigenvalue weighted by Gasteiger charge is -2.13. The maximum atomic E-state index is 11.8. The van der Waals surface area contributed by atoms with Gasteiger partial charge in [0.2, 0.25) is 0 Å². The second kappa shape index (κ2) is 8.20. The van der Waals surface area contributed by atoms with E-state index in [-0.39, 0.29) is 0 Å². The molecule has 0 fully saturated rings. The van der Waals surface area contributed by atoms with Crippen molar-refractivity contribution in [3.05, 3.63) is 39.9 Å². The van der Waals surface area contributed by atoms with E-state index in [4.69, 9.17) is 23.2 Å². The molecule has 6 heteroatoms. The van der Waals surface area contributed by atoms with Gasteiger partial charge >= 0.3 is 11.8 Å². The van der Waals surface area contributed by atoms with Gasteiger partial charge < -0.3 is 10.6 Å². The summed E-state index contributed by atoms with van der Waals surface area (Å²) in [5.41, 5.74) is 1.68.